The van der Waals surface area contributed by atoms with Crippen LogP contribution in [0.3, 0.4) is 0 Å². The second-order valence-electron chi connectivity index (χ2n) is 6.92. The van der Waals surface area contributed by atoms with Crippen LogP contribution in [-0.2, 0) is 11.2 Å². The van der Waals surface area contributed by atoms with E-state index in [2.05, 4.69) is 42.2 Å². The molecule has 1 atom stereocenters. The number of nitrogens with zero attached hydrogens (tertiary/aromatic N) is 1. The summed E-state index contributed by atoms with van der Waals surface area (Å²) in [4.78, 5) is 16.6. The Bertz CT molecular complexity index is 837. The van der Waals surface area contributed by atoms with Gasteiger partial charge in [0.05, 0.1) is 17.4 Å². The second-order valence-corrected chi connectivity index (χ2v) is 8.52. The molecule has 5 nitrogen and oxygen atoms in total. The Morgan fingerprint density at radius 2 is 1.81 bits per heavy atom. The van der Waals surface area contributed by atoms with Gasteiger partial charge in [0.2, 0.25) is 0 Å². The van der Waals surface area contributed by atoms with E-state index in [9.17, 15) is 13.6 Å². The molecule has 0 radical (unpaired) electrons. The third-order valence-corrected chi connectivity index (χ3v) is 4.64. The predicted molar refractivity (Wildman–Crippen MR) is 106 cm³/mol. The van der Waals surface area contributed by atoms with Crippen molar-refractivity contribution in [3.05, 3.63) is 56.2 Å². The highest BCUT2D eigenvalue weighted by Gasteiger charge is 2.24. The zero-order valence-corrected chi connectivity index (χ0v) is 18.1. The van der Waals surface area contributed by atoms with Gasteiger partial charge in [-0.15, -0.1) is 0 Å². The molecule has 0 bridgehead atoms. The quantitative estimate of drug-likeness (QED) is 0.553. The van der Waals surface area contributed by atoms with Crippen LogP contribution >= 0.6 is 31.9 Å². The van der Waals surface area contributed by atoms with Crippen LogP contribution in [0.15, 0.2) is 33.3 Å². The van der Waals surface area contributed by atoms with E-state index in [1.807, 2.05) is 0 Å². The number of hydrogen-bond acceptors (Lipinski definition) is 4. The van der Waals surface area contributed by atoms with E-state index >= 15 is 0 Å². The number of aromatic nitrogens is 1. The van der Waals surface area contributed by atoms with Crippen molar-refractivity contribution in [2.45, 2.75) is 38.8 Å². The molecule has 146 valence electrons. The lowest BCUT2D eigenvalue weighted by Gasteiger charge is -2.24. The standard InChI is InChI=1S/C18H19Br2F2N3O2/c1-18(2,3)27-17(26)24-14(6-9-4-10(21)7-11(22)5-9)15-12(19)8-13(23)16(20)25-15/h4-5,7-8,14H,6,23H2,1-3H3,(H,24,26). The number of pyridine rings is 1. The summed E-state index contributed by atoms with van der Waals surface area (Å²) < 4.78 is 33.3. The molecule has 0 saturated carbocycles. The zero-order chi connectivity index (χ0) is 20.4. The van der Waals surface area contributed by atoms with Gasteiger partial charge in [-0.05, 0) is 82.8 Å². The lowest BCUT2D eigenvalue weighted by atomic mass is 10.0. The molecule has 1 heterocycles. The first-order valence-electron chi connectivity index (χ1n) is 8.00. The number of nitrogens with two attached hydrogens (primary N) is 1. The van der Waals surface area contributed by atoms with Crippen molar-refractivity contribution in [2.75, 3.05) is 5.73 Å². The molecule has 1 aromatic carbocycles. The number of benzene rings is 1. The van der Waals surface area contributed by atoms with Crippen molar-refractivity contribution in [1.29, 1.82) is 0 Å². The molecule has 9 heteroatoms. The highest BCUT2D eigenvalue weighted by molar-refractivity contribution is 9.11. The Morgan fingerprint density at radius 3 is 2.37 bits per heavy atom. The summed E-state index contributed by atoms with van der Waals surface area (Å²) in [6, 6.07) is 4.10. The molecule has 27 heavy (non-hydrogen) atoms. The number of anilines is 1. The fraction of sp³-hybridized carbons (Fsp3) is 0.333. The fourth-order valence-electron chi connectivity index (χ4n) is 2.37. The number of amides is 1. The summed E-state index contributed by atoms with van der Waals surface area (Å²) >= 11 is 6.62. The topological polar surface area (TPSA) is 77.2 Å². The molecule has 2 rings (SSSR count). The van der Waals surface area contributed by atoms with Crippen molar-refractivity contribution in [2.24, 2.45) is 0 Å². The number of carbonyl (C=O) groups excluding carboxylic acids is 1. The number of halogens is 4. The molecule has 0 saturated heterocycles. The van der Waals surface area contributed by atoms with Gasteiger partial charge >= 0.3 is 6.09 Å². The Balaban J connectivity index is 2.39. The van der Waals surface area contributed by atoms with Crippen LogP contribution in [-0.4, -0.2) is 16.7 Å². The van der Waals surface area contributed by atoms with Crippen molar-refractivity contribution >= 4 is 43.6 Å². The van der Waals surface area contributed by atoms with E-state index in [1.54, 1.807) is 26.8 Å². The van der Waals surface area contributed by atoms with Gasteiger partial charge < -0.3 is 15.8 Å². The monoisotopic (exact) mass is 505 g/mol. The van der Waals surface area contributed by atoms with Crippen LogP contribution < -0.4 is 11.1 Å². The molecule has 1 amide bonds. The van der Waals surface area contributed by atoms with Gasteiger partial charge in [0.1, 0.15) is 21.8 Å². The summed E-state index contributed by atoms with van der Waals surface area (Å²) in [5.41, 5.74) is 6.31. The van der Waals surface area contributed by atoms with Gasteiger partial charge in [-0.1, -0.05) is 0 Å². The maximum Gasteiger partial charge on any atom is 0.408 e. The fourth-order valence-corrected chi connectivity index (χ4v) is 3.29. The molecule has 1 unspecified atom stereocenters. The summed E-state index contributed by atoms with van der Waals surface area (Å²) in [7, 11) is 0. The SMILES string of the molecule is CC(C)(C)OC(=O)NC(Cc1cc(F)cc(F)c1)c1nc(Br)c(N)cc1Br. The predicted octanol–water partition coefficient (Wildman–Crippen LogP) is 5.28. The summed E-state index contributed by atoms with van der Waals surface area (Å²) in [6.07, 6.45) is -0.582. The summed E-state index contributed by atoms with van der Waals surface area (Å²) in [5.74, 6) is -1.40. The van der Waals surface area contributed by atoms with Gasteiger partial charge in [-0.3, -0.25) is 0 Å². The minimum Gasteiger partial charge on any atom is -0.444 e. The van der Waals surface area contributed by atoms with Crippen molar-refractivity contribution in [3.63, 3.8) is 0 Å². The molecule has 0 aliphatic carbocycles. The summed E-state index contributed by atoms with van der Waals surface area (Å²) in [6.45, 7) is 5.20. The van der Waals surface area contributed by atoms with Crippen molar-refractivity contribution in [3.8, 4) is 0 Å². The minimum atomic E-state index is -0.715. The second kappa shape index (κ2) is 8.52. The molecule has 1 aromatic heterocycles. The van der Waals surface area contributed by atoms with Crippen LogP contribution in [0.5, 0.6) is 0 Å². The van der Waals surface area contributed by atoms with E-state index in [0.717, 1.165) is 6.07 Å². The average Bonchev–Trinajstić information content (AvgIpc) is 2.47. The van der Waals surface area contributed by atoms with Gasteiger partial charge in [-0.2, -0.15) is 0 Å². The van der Waals surface area contributed by atoms with Crippen LogP contribution in [0.2, 0.25) is 0 Å². The Kier molecular flexibility index (Phi) is 6.80. The first kappa shape index (κ1) is 21.6. The highest BCUT2D eigenvalue weighted by atomic mass is 79.9. The van der Waals surface area contributed by atoms with E-state index in [0.29, 0.717) is 26.0 Å². The van der Waals surface area contributed by atoms with Crippen molar-refractivity contribution in [1.82, 2.24) is 10.3 Å². The molecule has 3 N–H and O–H groups in total. The third kappa shape index (κ3) is 6.42. The van der Waals surface area contributed by atoms with Gasteiger partial charge in [-0.25, -0.2) is 18.6 Å². The molecule has 0 spiro atoms. The molecular formula is C18H19Br2F2N3O2. The number of carbonyl (C=O) groups is 1. The largest absolute Gasteiger partial charge is 0.444 e. The molecule has 0 aliphatic rings. The first-order valence-corrected chi connectivity index (χ1v) is 9.59. The number of nitrogen functional groups attached to an aromatic ring is 1. The summed E-state index contributed by atoms with van der Waals surface area (Å²) in [5, 5.41) is 2.70. The zero-order valence-electron chi connectivity index (χ0n) is 14.9. The van der Waals surface area contributed by atoms with Gasteiger partial charge in [0.25, 0.3) is 0 Å². The van der Waals surface area contributed by atoms with E-state index < -0.39 is 29.4 Å². The first-order chi connectivity index (χ1) is 12.4. The van der Waals surface area contributed by atoms with Crippen LogP contribution in [0, 0.1) is 11.6 Å². The lowest BCUT2D eigenvalue weighted by Crippen LogP contribution is -2.36. The van der Waals surface area contributed by atoms with Crippen LogP contribution in [0.25, 0.3) is 0 Å². The van der Waals surface area contributed by atoms with Crippen LogP contribution in [0.1, 0.15) is 38.1 Å². The molecule has 2 aromatic rings. The number of alkyl carbamates (subject to hydrolysis) is 1. The maximum absolute atomic E-state index is 13.6. The highest BCUT2D eigenvalue weighted by Crippen LogP contribution is 2.30. The van der Waals surface area contributed by atoms with E-state index in [4.69, 9.17) is 10.5 Å². The third-order valence-electron chi connectivity index (χ3n) is 3.37. The lowest BCUT2D eigenvalue weighted by molar-refractivity contribution is 0.0502. The van der Waals surface area contributed by atoms with E-state index in [1.165, 1.54) is 12.1 Å². The molecule has 0 fully saturated rings. The van der Waals surface area contributed by atoms with Gasteiger partial charge in [0.15, 0.2) is 0 Å². The normalized spacial score (nSPS) is 12.6. The molecular weight excluding hydrogens is 488 g/mol. The minimum absolute atomic E-state index is 0.0931. The number of nitrogens with one attached hydrogen (secondary N) is 1. The van der Waals surface area contributed by atoms with E-state index in [-0.39, 0.29) is 6.42 Å². The Labute approximate surface area is 172 Å². The van der Waals surface area contributed by atoms with Crippen molar-refractivity contribution < 1.29 is 18.3 Å². The smallest absolute Gasteiger partial charge is 0.408 e. The Morgan fingerprint density at radius 1 is 1.22 bits per heavy atom. The number of ether oxygens (including phenoxy) is 1. The molecule has 0 aliphatic heterocycles. The maximum atomic E-state index is 13.6. The number of hydrogen-bond donors (Lipinski definition) is 2. The average molecular weight is 507 g/mol. The van der Waals surface area contributed by atoms with Crippen LogP contribution in [0.4, 0.5) is 19.3 Å². The Hall–Kier alpha value is -1.74. The number of rotatable bonds is 4. The van der Waals surface area contributed by atoms with Gasteiger partial charge in [0, 0.05) is 10.5 Å².